The standard InChI is InChI=1S/C25H22FNO4/c1-3-30-24(28)21-20-18-8-6-5-7-15(18)11-14-19(20)27-23(22(21)25(29)31-4-2)16-9-12-17(26)13-10-16/h5-14,23,27H,3-4H2,1-2H3. The Hall–Kier alpha value is -3.67. The van der Waals surface area contributed by atoms with Gasteiger partial charge in [-0.1, -0.05) is 42.5 Å². The van der Waals surface area contributed by atoms with Gasteiger partial charge in [0.25, 0.3) is 0 Å². The van der Waals surface area contributed by atoms with Crippen molar-refractivity contribution in [3.05, 3.63) is 83.2 Å². The molecular formula is C25H22FNO4. The second-order valence-corrected chi connectivity index (χ2v) is 7.07. The van der Waals surface area contributed by atoms with Crippen molar-refractivity contribution in [1.29, 1.82) is 0 Å². The van der Waals surface area contributed by atoms with Crippen molar-refractivity contribution in [1.82, 2.24) is 0 Å². The first-order chi connectivity index (χ1) is 15.0. The molecular weight excluding hydrogens is 397 g/mol. The SMILES string of the molecule is CCOC(=O)C1=C(C(=O)OCC)C(c2ccc(F)cc2)Nc2ccc3ccccc3c21. The Balaban J connectivity index is 2.04. The highest BCUT2D eigenvalue weighted by Gasteiger charge is 2.37. The van der Waals surface area contributed by atoms with Crippen LogP contribution in [0.2, 0.25) is 0 Å². The fourth-order valence-electron chi connectivity index (χ4n) is 3.92. The van der Waals surface area contributed by atoms with E-state index in [1.54, 1.807) is 26.0 Å². The largest absolute Gasteiger partial charge is 0.463 e. The van der Waals surface area contributed by atoms with Crippen LogP contribution in [-0.2, 0) is 19.1 Å². The van der Waals surface area contributed by atoms with E-state index in [4.69, 9.17) is 9.47 Å². The van der Waals surface area contributed by atoms with Crippen molar-refractivity contribution < 1.29 is 23.5 Å². The molecule has 0 fully saturated rings. The number of anilines is 1. The van der Waals surface area contributed by atoms with Gasteiger partial charge in [-0.25, -0.2) is 14.0 Å². The third kappa shape index (κ3) is 3.77. The third-order valence-electron chi connectivity index (χ3n) is 5.22. The second-order valence-electron chi connectivity index (χ2n) is 7.07. The lowest BCUT2D eigenvalue weighted by Gasteiger charge is -2.31. The van der Waals surface area contributed by atoms with Crippen LogP contribution in [0.4, 0.5) is 10.1 Å². The van der Waals surface area contributed by atoms with Crippen LogP contribution in [0.5, 0.6) is 0 Å². The van der Waals surface area contributed by atoms with E-state index in [1.165, 1.54) is 12.1 Å². The van der Waals surface area contributed by atoms with Gasteiger partial charge in [0.05, 0.1) is 30.4 Å². The minimum atomic E-state index is -0.701. The van der Waals surface area contributed by atoms with Crippen LogP contribution in [0.25, 0.3) is 16.3 Å². The Morgan fingerprint density at radius 1 is 0.903 bits per heavy atom. The predicted molar refractivity (Wildman–Crippen MR) is 117 cm³/mol. The number of carbonyl (C=O) groups is 2. The lowest BCUT2D eigenvalue weighted by molar-refractivity contribution is -0.140. The molecule has 4 rings (SSSR count). The zero-order chi connectivity index (χ0) is 22.0. The molecule has 1 N–H and O–H groups in total. The van der Waals surface area contributed by atoms with E-state index in [0.29, 0.717) is 16.8 Å². The van der Waals surface area contributed by atoms with Crippen LogP contribution in [0, 0.1) is 5.82 Å². The van der Waals surface area contributed by atoms with Gasteiger partial charge in [0.15, 0.2) is 0 Å². The molecule has 0 aliphatic carbocycles. The van der Waals surface area contributed by atoms with Gasteiger partial charge in [-0.3, -0.25) is 0 Å². The summed E-state index contributed by atoms with van der Waals surface area (Å²) in [4.78, 5) is 26.3. The zero-order valence-corrected chi connectivity index (χ0v) is 17.3. The van der Waals surface area contributed by atoms with Gasteiger partial charge in [-0.05, 0) is 48.4 Å². The highest BCUT2D eigenvalue weighted by Crippen LogP contribution is 2.44. The summed E-state index contributed by atoms with van der Waals surface area (Å²) in [5.74, 6) is -1.61. The van der Waals surface area contributed by atoms with Gasteiger partial charge in [-0.15, -0.1) is 0 Å². The Labute approximate surface area is 179 Å². The van der Waals surface area contributed by atoms with Gasteiger partial charge in [0, 0.05) is 11.3 Å². The average Bonchev–Trinajstić information content (AvgIpc) is 2.78. The lowest BCUT2D eigenvalue weighted by Crippen LogP contribution is -2.29. The number of hydrogen-bond donors (Lipinski definition) is 1. The molecule has 1 aliphatic rings. The number of carbonyl (C=O) groups excluding carboxylic acids is 2. The number of benzene rings is 3. The number of halogens is 1. The minimum absolute atomic E-state index is 0.149. The van der Waals surface area contributed by atoms with Gasteiger partial charge in [-0.2, -0.15) is 0 Å². The van der Waals surface area contributed by atoms with Crippen molar-refractivity contribution in [2.45, 2.75) is 19.9 Å². The van der Waals surface area contributed by atoms with Crippen LogP contribution < -0.4 is 5.32 Å². The first-order valence-electron chi connectivity index (χ1n) is 10.2. The number of hydrogen-bond acceptors (Lipinski definition) is 5. The maximum atomic E-state index is 13.6. The van der Waals surface area contributed by atoms with Crippen LogP contribution in [0.1, 0.15) is 31.0 Å². The number of nitrogens with one attached hydrogen (secondary N) is 1. The van der Waals surface area contributed by atoms with E-state index in [1.807, 2.05) is 36.4 Å². The highest BCUT2D eigenvalue weighted by atomic mass is 19.1. The highest BCUT2D eigenvalue weighted by molar-refractivity contribution is 6.28. The number of esters is 2. The van der Waals surface area contributed by atoms with E-state index >= 15 is 0 Å². The van der Waals surface area contributed by atoms with Crippen LogP contribution in [0.15, 0.2) is 66.2 Å². The normalized spacial score (nSPS) is 15.3. The molecule has 0 saturated heterocycles. The van der Waals surface area contributed by atoms with E-state index in [2.05, 4.69) is 5.32 Å². The fraction of sp³-hybridized carbons (Fsp3) is 0.200. The Kier molecular flexibility index (Phi) is 5.71. The minimum Gasteiger partial charge on any atom is -0.463 e. The topological polar surface area (TPSA) is 64.6 Å². The summed E-state index contributed by atoms with van der Waals surface area (Å²) in [6, 6.07) is 16.5. The van der Waals surface area contributed by atoms with Crippen molar-refractivity contribution >= 4 is 34.0 Å². The fourth-order valence-corrected chi connectivity index (χ4v) is 3.92. The maximum absolute atomic E-state index is 13.6. The Bertz CT molecular complexity index is 1180. The molecule has 6 heteroatoms. The van der Waals surface area contributed by atoms with Gasteiger partial charge in [0.1, 0.15) is 5.82 Å². The van der Waals surface area contributed by atoms with Crippen molar-refractivity contribution in [2.75, 3.05) is 18.5 Å². The molecule has 1 unspecified atom stereocenters. The van der Waals surface area contributed by atoms with E-state index in [-0.39, 0.29) is 24.4 Å². The molecule has 0 spiro atoms. The van der Waals surface area contributed by atoms with Crippen molar-refractivity contribution in [3.8, 4) is 0 Å². The quantitative estimate of drug-likeness (QED) is 0.588. The number of fused-ring (bicyclic) bond motifs is 3. The number of rotatable bonds is 5. The summed E-state index contributed by atoms with van der Waals surface area (Å²) >= 11 is 0. The number of ether oxygens (including phenoxy) is 2. The van der Waals surface area contributed by atoms with Crippen molar-refractivity contribution in [2.24, 2.45) is 0 Å². The molecule has 3 aromatic carbocycles. The molecule has 3 aromatic rings. The van der Waals surface area contributed by atoms with E-state index < -0.39 is 23.8 Å². The monoisotopic (exact) mass is 419 g/mol. The van der Waals surface area contributed by atoms with E-state index in [0.717, 1.165) is 10.8 Å². The molecule has 0 radical (unpaired) electrons. The Morgan fingerprint density at radius 2 is 1.58 bits per heavy atom. The summed E-state index contributed by atoms with van der Waals surface area (Å²) in [5, 5.41) is 5.09. The molecule has 0 bridgehead atoms. The summed E-state index contributed by atoms with van der Waals surface area (Å²) in [5.41, 5.74) is 2.23. The molecule has 0 amide bonds. The average molecular weight is 419 g/mol. The summed E-state index contributed by atoms with van der Waals surface area (Å²) in [6.07, 6.45) is 0. The second kappa shape index (κ2) is 8.60. The summed E-state index contributed by atoms with van der Waals surface area (Å²) < 4.78 is 24.2. The van der Waals surface area contributed by atoms with Crippen LogP contribution >= 0.6 is 0 Å². The van der Waals surface area contributed by atoms with Crippen LogP contribution in [0.3, 0.4) is 0 Å². The smallest absolute Gasteiger partial charge is 0.339 e. The third-order valence-corrected chi connectivity index (χ3v) is 5.22. The molecule has 31 heavy (non-hydrogen) atoms. The first kappa shape index (κ1) is 20.6. The Morgan fingerprint density at radius 3 is 2.29 bits per heavy atom. The molecule has 1 atom stereocenters. The molecule has 0 saturated carbocycles. The lowest BCUT2D eigenvalue weighted by atomic mass is 9.84. The van der Waals surface area contributed by atoms with Gasteiger partial charge < -0.3 is 14.8 Å². The predicted octanol–water partition coefficient (Wildman–Crippen LogP) is 5.03. The van der Waals surface area contributed by atoms with Crippen molar-refractivity contribution in [3.63, 3.8) is 0 Å². The van der Waals surface area contributed by atoms with Crippen LogP contribution in [-0.4, -0.2) is 25.2 Å². The van der Waals surface area contributed by atoms with Gasteiger partial charge in [0.2, 0.25) is 0 Å². The zero-order valence-electron chi connectivity index (χ0n) is 17.3. The summed E-state index contributed by atoms with van der Waals surface area (Å²) in [6.45, 7) is 3.73. The molecule has 0 aromatic heterocycles. The summed E-state index contributed by atoms with van der Waals surface area (Å²) in [7, 11) is 0. The molecule has 1 heterocycles. The maximum Gasteiger partial charge on any atom is 0.339 e. The molecule has 5 nitrogen and oxygen atoms in total. The van der Waals surface area contributed by atoms with E-state index in [9.17, 15) is 14.0 Å². The van der Waals surface area contributed by atoms with Gasteiger partial charge >= 0.3 is 11.9 Å². The first-order valence-corrected chi connectivity index (χ1v) is 10.2. The molecule has 158 valence electrons. The molecule has 1 aliphatic heterocycles.